The molecule has 0 spiro atoms. The van der Waals surface area contributed by atoms with Crippen LogP contribution < -0.4 is 10.6 Å². The van der Waals surface area contributed by atoms with Gasteiger partial charge < -0.3 is 10.6 Å². The van der Waals surface area contributed by atoms with Gasteiger partial charge in [-0.1, -0.05) is 23.2 Å². The fourth-order valence-electron chi connectivity index (χ4n) is 1.60. The molecule has 1 atom stereocenters. The quantitative estimate of drug-likeness (QED) is 0.855. The topological polar surface area (TPSA) is 54.0 Å². The molecule has 1 fully saturated rings. The highest BCUT2D eigenvalue weighted by Gasteiger charge is 2.22. The first-order chi connectivity index (χ1) is 7.66. The molecule has 4 nitrogen and oxygen atoms in total. The van der Waals surface area contributed by atoms with Gasteiger partial charge in [-0.3, -0.25) is 4.79 Å². The lowest BCUT2D eigenvalue weighted by Gasteiger charge is -2.23. The lowest BCUT2D eigenvalue weighted by molar-refractivity contribution is -0.123. The Hall–Kier alpha value is -1.000. The van der Waals surface area contributed by atoms with Crippen LogP contribution in [0.1, 0.15) is 12.8 Å². The summed E-state index contributed by atoms with van der Waals surface area (Å²) in [7, 11) is 0. The molecule has 6 heteroatoms. The van der Waals surface area contributed by atoms with E-state index in [1.807, 2.05) is 0 Å². The SMILES string of the molecule is O=C1NCCC[C@@H]1Nc1ncc(Cl)cc1Cl. The van der Waals surface area contributed by atoms with Crippen LogP contribution in [0.15, 0.2) is 12.3 Å². The van der Waals surface area contributed by atoms with Crippen molar-refractivity contribution in [2.24, 2.45) is 0 Å². The summed E-state index contributed by atoms with van der Waals surface area (Å²) in [5.74, 6) is 0.479. The number of piperidine rings is 1. The molecule has 1 aromatic rings. The standard InChI is InChI=1S/C10H11Cl2N3O/c11-6-4-7(12)9(14-5-6)15-8-2-1-3-13-10(8)16/h4-5,8H,1-3H2,(H,13,16)(H,14,15)/t8-/m0/s1. The van der Waals surface area contributed by atoms with E-state index in [1.165, 1.54) is 6.20 Å². The van der Waals surface area contributed by atoms with Gasteiger partial charge in [0.25, 0.3) is 0 Å². The van der Waals surface area contributed by atoms with Gasteiger partial charge in [-0.05, 0) is 18.9 Å². The van der Waals surface area contributed by atoms with E-state index in [9.17, 15) is 4.79 Å². The van der Waals surface area contributed by atoms with Crippen molar-refractivity contribution in [1.82, 2.24) is 10.3 Å². The molecule has 0 aromatic carbocycles. The molecule has 86 valence electrons. The zero-order chi connectivity index (χ0) is 11.5. The van der Waals surface area contributed by atoms with E-state index in [2.05, 4.69) is 15.6 Å². The largest absolute Gasteiger partial charge is 0.357 e. The van der Waals surface area contributed by atoms with Gasteiger partial charge in [-0.2, -0.15) is 0 Å². The second-order valence-corrected chi connectivity index (χ2v) is 4.46. The number of carbonyl (C=O) groups excluding carboxylic acids is 1. The smallest absolute Gasteiger partial charge is 0.242 e. The summed E-state index contributed by atoms with van der Waals surface area (Å²) in [6, 6.07) is 1.33. The summed E-state index contributed by atoms with van der Waals surface area (Å²) >= 11 is 11.7. The number of hydrogen-bond donors (Lipinski definition) is 2. The van der Waals surface area contributed by atoms with Gasteiger partial charge in [0.15, 0.2) is 0 Å². The molecule has 1 amide bonds. The highest BCUT2D eigenvalue weighted by Crippen LogP contribution is 2.24. The first-order valence-electron chi connectivity index (χ1n) is 5.02. The lowest BCUT2D eigenvalue weighted by Crippen LogP contribution is -2.44. The predicted molar refractivity (Wildman–Crippen MR) is 63.9 cm³/mol. The van der Waals surface area contributed by atoms with Crippen molar-refractivity contribution in [2.75, 3.05) is 11.9 Å². The van der Waals surface area contributed by atoms with Gasteiger partial charge in [-0.25, -0.2) is 4.98 Å². The predicted octanol–water partition coefficient (Wildman–Crippen LogP) is 2.08. The number of pyridine rings is 1. The Kier molecular flexibility index (Phi) is 3.51. The first-order valence-corrected chi connectivity index (χ1v) is 5.78. The molecule has 0 unspecified atom stereocenters. The van der Waals surface area contributed by atoms with Gasteiger partial charge >= 0.3 is 0 Å². The van der Waals surface area contributed by atoms with Crippen LogP contribution in [-0.4, -0.2) is 23.5 Å². The molecular formula is C10H11Cl2N3O. The normalized spacial score (nSPS) is 20.4. The zero-order valence-corrected chi connectivity index (χ0v) is 9.98. The number of nitrogens with zero attached hydrogens (tertiary/aromatic N) is 1. The summed E-state index contributed by atoms with van der Waals surface area (Å²) in [6.07, 6.45) is 3.23. The number of anilines is 1. The lowest BCUT2D eigenvalue weighted by atomic mass is 10.1. The van der Waals surface area contributed by atoms with E-state index >= 15 is 0 Å². The molecule has 2 N–H and O–H groups in total. The molecule has 0 saturated carbocycles. The van der Waals surface area contributed by atoms with Crippen LogP contribution in [0, 0.1) is 0 Å². The highest BCUT2D eigenvalue weighted by atomic mass is 35.5. The Morgan fingerprint density at radius 1 is 1.50 bits per heavy atom. The summed E-state index contributed by atoms with van der Waals surface area (Å²) in [6.45, 7) is 0.735. The van der Waals surface area contributed by atoms with Gasteiger partial charge in [0.2, 0.25) is 5.91 Å². The summed E-state index contributed by atoms with van der Waals surface area (Å²) < 4.78 is 0. The summed E-state index contributed by atoms with van der Waals surface area (Å²) in [4.78, 5) is 15.6. The van der Waals surface area contributed by atoms with Crippen LogP contribution in [0.25, 0.3) is 0 Å². The van der Waals surface area contributed by atoms with E-state index in [0.29, 0.717) is 15.9 Å². The van der Waals surface area contributed by atoms with Crippen molar-refractivity contribution in [2.45, 2.75) is 18.9 Å². The van der Waals surface area contributed by atoms with E-state index in [-0.39, 0.29) is 11.9 Å². The number of carbonyl (C=O) groups is 1. The molecular weight excluding hydrogens is 249 g/mol. The molecule has 0 bridgehead atoms. The highest BCUT2D eigenvalue weighted by molar-refractivity contribution is 6.36. The fourth-order valence-corrected chi connectivity index (χ4v) is 2.03. The van der Waals surface area contributed by atoms with Crippen LogP contribution in [0.4, 0.5) is 5.82 Å². The summed E-state index contributed by atoms with van der Waals surface area (Å²) in [5.41, 5.74) is 0. The number of amides is 1. The molecule has 0 radical (unpaired) electrons. The van der Waals surface area contributed by atoms with Crippen LogP contribution >= 0.6 is 23.2 Å². The second-order valence-electron chi connectivity index (χ2n) is 3.61. The van der Waals surface area contributed by atoms with Crippen molar-refractivity contribution < 1.29 is 4.79 Å². The molecule has 2 rings (SSSR count). The van der Waals surface area contributed by atoms with Crippen molar-refractivity contribution >= 4 is 34.9 Å². The monoisotopic (exact) mass is 259 g/mol. The molecule has 1 saturated heterocycles. The van der Waals surface area contributed by atoms with Crippen molar-refractivity contribution in [3.05, 3.63) is 22.3 Å². The Labute approximate surface area is 103 Å². The number of hydrogen-bond acceptors (Lipinski definition) is 3. The first kappa shape index (κ1) is 11.5. The Balaban J connectivity index is 2.10. The molecule has 16 heavy (non-hydrogen) atoms. The molecule has 1 aromatic heterocycles. The minimum Gasteiger partial charge on any atom is -0.357 e. The van der Waals surface area contributed by atoms with Crippen LogP contribution in [0.3, 0.4) is 0 Å². The fraction of sp³-hybridized carbons (Fsp3) is 0.400. The Bertz CT molecular complexity index is 411. The maximum absolute atomic E-state index is 11.5. The van der Waals surface area contributed by atoms with Gasteiger partial charge in [0.05, 0.1) is 10.0 Å². The minimum atomic E-state index is -0.264. The van der Waals surface area contributed by atoms with Gasteiger partial charge in [-0.15, -0.1) is 0 Å². The molecule has 2 heterocycles. The third-order valence-electron chi connectivity index (χ3n) is 2.40. The van der Waals surface area contributed by atoms with Crippen LogP contribution in [-0.2, 0) is 4.79 Å². The van der Waals surface area contributed by atoms with Gasteiger partial charge in [0.1, 0.15) is 11.9 Å². The van der Waals surface area contributed by atoms with Gasteiger partial charge in [0, 0.05) is 12.7 Å². The van der Waals surface area contributed by atoms with E-state index in [0.717, 1.165) is 19.4 Å². The number of halogens is 2. The Morgan fingerprint density at radius 3 is 3.00 bits per heavy atom. The van der Waals surface area contributed by atoms with Crippen LogP contribution in [0.5, 0.6) is 0 Å². The maximum atomic E-state index is 11.5. The third kappa shape index (κ3) is 2.57. The average Bonchev–Trinajstić information content (AvgIpc) is 2.25. The molecule has 1 aliphatic heterocycles. The second kappa shape index (κ2) is 4.89. The zero-order valence-electron chi connectivity index (χ0n) is 8.46. The molecule has 0 aliphatic carbocycles. The van der Waals surface area contributed by atoms with Crippen LogP contribution in [0.2, 0.25) is 10.0 Å². The number of aromatic nitrogens is 1. The van der Waals surface area contributed by atoms with Crippen molar-refractivity contribution in [1.29, 1.82) is 0 Å². The van der Waals surface area contributed by atoms with E-state index < -0.39 is 0 Å². The maximum Gasteiger partial charge on any atom is 0.242 e. The molecule has 1 aliphatic rings. The number of rotatable bonds is 2. The average molecular weight is 260 g/mol. The van der Waals surface area contributed by atoms with E-state index in [1.54, 1.807) is 6.07 Å². The summed E-state index contributed by atoms with van der Waals surface area (Å²) in [5, 5.41) is 6.69. The van der Waals surface area contributed by atoms with E-state index in [4.69, 9.17) is 23.2 Å². The minimum absolute atomic E-state index is 0.0148. The third-order valence-corrected chi connectivity index (χ3v) is 2.90. The number of nitrogens with one attached hydrogen (secondary N) is 2. The van der Waals surface area contributed by atoms with Crippen molar-refractivity contribution in [3.8, 4) is 0 Å². The van der Waals surface area contributed by atoms with Crippen molar-refractivity contribution in [3.63, 3.8) is 0 Å². The Morgan fingerprint density at radius 2 is 2.31 bits per heavy atom.